The summed E-state index contributed by atoms with van der Waals surface area (Å²) in [5, 5.41) is 20.6. The van der Waals surface area contributed by atoms with Crippen molar-refractivity contribution in [3.8, 4) is 12.3 Å². The number of phenols is 1. The molecule has 24 heavy (non-hydrogen) atoms. The summed E-state index contributed by atoms with van der Waals surface area (Å²) in [5.41, 5.74) is 2.00. The van der Waals surface area contributed by atoms with Crippen molar-refractivity contribution in [1.29, 1.82) is 0 Å². The maximum atomic E-state index is 10.7. The fraction of sp³-hybridized carbons (Fsp3) is 0.667. The molecule has 0 saturated heterocycles. The minimum Gasteiger partial charge on any atom is -0.508 e. The normalized spacial score (nSPS) is 46.5. The Hall–Kier alpha value is -1.53. The highest BCUT2D eigenvalue weighted by Gasteiger charge is 2.65. The zero-order chi connectivity index (χ0) is 17.3. The van der Waals surface area contributed by atoms with Crippen molar-refractivity contribution in [2.45, 2.75) is 70.4 Å². The van der Waals surface area contributed by atoms with Gasteiger partial charge in [0.05, 0.1) is 6.10 Å². The van der Waals surface area contributed by atoms with E-state index < -0.39 is 5.54 Å². The Balaban J connectivity index is 1.88. The number of aliphatic hydroxyl groups excluding tert-OH is 1. The quantitative estimate of drug-likeness (QED) is 0.730. The van der Waals surface area contributed by atoms with Gasteiger partial charge in [-0.1, -0.05) is 24.8 Å². The van der Waals surface area contributed by atoms with Crippen molar-refractivity contribution in [2.75, 3.05) is 0 Å². The van der Waals surface area contributed by atoms with E-state index in [9.17, 15) is 10.2 Å². The number of aliphatic hydroxyl groups is 1. The first-order chi connectivity index (χ1) is 11.2. The third-order valence-corrected chi connectivity index (χ3v) is 8.17. The summed E-state index contributed by atoms with van der Waals surface area (Å²) < 4.78 is 0. The number of fused-ring (bicyclic) bond motifs is 5. The van der Waals surface area contributed by atoms with E-state index in [1.54, 1.807) is 6.07 Å². The van der Waals surface area contributed by atoms with Crippen LogP contribution in [-0.4, -0.2) is 16.3 Å². The minimum absolute atomic E-state index is 0.0158. The van der Waals surface area contributed by atoms with Crippen LogP contribution >= 0.6 is 0 Å². The van der Waals surface area contributed by atoms with Gasteiger partial charge in [-0.05, 0) is 66.0 Å². The van der Waals surface area contributed by atoms with Gasteiger partial charge in [0.1, 0.15) is 5.75 Å². The van der Waals surface area contributed by atoms with E-state index in [0.717, 1.165) is 37.7 Å². The smallest absolute Gasteiger partial charge is 0.303 e. The molecule has 0 radical (unpaired) electrons. The molecule has 1 aromatic carbocycles. The van der Waals surface area contributed by atoms with Gasteiger partial charge in [-0.3, -0.25) is 0 Å². The number of aromatic hydroxyl groups is 1. The molecule has 3 aliphatic rings. The summed E-state index contributed by atoms with van der Waals surface area (Å²) in [6, 6.07) is 5.71. The molecule has 0 spiro atoms. The van der Waals surface area contributed by atoms with Crippen LogP contribution < -0.4 is 0 Å². The van der Waals surface area contributed by atoms with E-state index in [2.05, 4.69) is 31.7 Å². The van der Waals surface area contributed by atoms with Crippen LogP contribution in [0.2, 0.25) is 0 Å². The highest BCUT2D eigenvalue weighted by molar-refractivity contribution is 5.47. The predicted molar refractivity (Wildman–Crippen MR) is 95.3 cm³/mol. The van der Waals surface area contributed by atoms with Gasteiger partial charge in [-0.15, -0.1) is 0 Å². The molecule has 0 aromatic heterocycles. The maximum Gasteiger partial charge on any atom is 0.303 e. The van der Waals surface area contributed by atoms with Gasteiger partial charge in [0.15, 0.2) is 0 Å². The van der Waals surface area contributed by atoms with Gasteiger partial charge in [-0.2, -0.15) is 0 Å². The number of benzene rings is 1. The molecule has 128 valence electrons. The number of nitrogens with zero attached hydrogens (tertiary/aromatic N) is 1. The number of rotatable bonds is 0. The fourth-order valence-electron chi connectivity index (χ4n) is 6.32. The molecule has 0 heterocycles. The first-order valence-corrected chi connectivity index (χ1v) is 9.19. The third-order valence-electron chi connectivity index (χ3n) is 8.17. The Morgan fingerprint density at radius 3 is 2.54 bits per heavy atom. The summed E-state index contributed by atoms with van der Waals surface area (Å²) in [7, 11) is 0. The van der Waals surface area contributed by atoms with Crippen LogP contribution in [0.5, 0.6) is 5.75 Å². The van der Waals surface area contributed by atoms with E-state index >= 15 is 0 Å². The fourth-order valence-corrected chi connectivity index (χ4v) is 6.32. The monoisotopic (exact) mass is 326 g/mol. The average Bonchev–Trinajstić information content (AvgIpc) is 2.80. The van der Waals surface area contributed by atoms with E-state index in [4.69, 9.17) is 6.57 Å². The van der Waals surface area contributed by atoms with Crippen LogP contribution in [0, 0.1) is 23.3 Å². The second kappa shape index (κ2) is 4.76. The highest BCUT2D eigenvalue weighted by atomic mass is 16.3. The second-order valence-electron chi connectivity index (χ2n) is 9.02. The Labute approximate surface area is 144 Å². The lowest BCUT2D eigenvalue weighted by atomic mass is 9.46. The molecule has 2 saturated carbocycles. The Morgan fingerprint density at radius 1 is 1.12 bits per heavy atom. The van der Waals surface area contributed by atoms with Crippen LogP contribution in [0.1, 0.15) is 69.9 Å². The van der Waals surface area contributed by atoms with Gasteiger partial charge in [0.25, 0.3) is 6.57 Å². The molecular weight excluding hydrogens is 298 g/mol. The van der Waals surface area contributed by atoms with Crippen LogP contribution in [0.3, 0.4) is 0 Å². The molecule has 1 unspecified atom stereocenters. The van der Waals surface area contributed by atoms with Crippen LogP contribution in [0.25, 0.3) is 4.85 Å². The van der Waals surface area contributed by atoms with Crippen molar-refractivity contribution in [3.63, 3.8) is 0 Å². The van der Waals surface area contributed by atoms with Gasteiger partial charge in [0.2, 0.25) is 0 Å². The van der Waals surface area contributed by atoms with Crippen LogP contribution in [0.4, 0.5) is 0 Å². The lowest BCUT2D eigenvalue weighted by molar-refractivity contribution is -0.0882. The zero-order valence-electron chi connectivity index (χ0n) is 14.9. The molecule has 4 rings (SSSR count). The summed E-state index contributed by atoms with van der Waals surface area (Å²) in [6.07, 6.45) is 4.80. The van der Waals surface area contributed by atoms with E-state index in [-0.39, 0.29) is 22.7 Å². The van der Waals surface area contributed by atoms with Gasteiger partial charge in [-0.25, -0.2) is 0 Å². The Bertz CT molecular complexity index is 738. The predicted octanol–water partition coefficient (Wildman–Crippen LogP) is 4.63. The van der Waals surface area contributed by atoms with Crippen molar-refractivity contribution >= 4 is 0 Å². The zero-order valence-corrected chi connectivity index (χ0v) is 14.9. The van der Waals surface area contributed by atoms with Gasteiger partial charge < -0.3 is 10.2 Å². The molecule has 3 heteroatoms. The molecule has 0 bridgehead atoms. The molecule has 3 aliphatic carbocycles. The summed E-state index contributed by atoms with van der Waals surface area (Å²) in [6.45, 7) is 12.6. The first-order valence-electron chi connectivity index (χ1n) is 9.19. The van der Waals surface area contributed by atoms with Crippen LogP contribution in [0.15, 0.2) is 18.2 Å². The molecule has 3 nitrogen and oxygen atoms in total. The topological polar surface area (TPSA) is 44.8 Å². The molecule has 6 atom stereocenters. The molecule has 2 fully saturated rings. The van der Waals surface area contributed by atoms with Crippen molar-refractivity contribution in [2.24, 2.45) is 16.7 Å². The summed E-state index contributed by atoms with van der Waals surface area (Å²) >= 11 is 0. The van der Waals surface area contributed by atoms with Crippen molar-refractivity contribution < 1.29 is 10.2 Å². The molecule has 0 aliphatic heterocycles. The van der Waals surface area contributed by atoms with Crippen molar-refractivity contribution in [3.05, 3.63) is 34.2 Å². The minimum atomic E-state index is -0.468. The molecule has 0 amide bonds. The SMILES string of the molecule is C#[N+][C@@]1(C)C[C@@H]2[C@H](CC[C@]3(C)C(O)CC[C@@]23C)c2ccc(O)cc21. The van der Waals surface area contributed by atoms with E-state index in [1.165, 1.54) is 5.56 Å². The molecule has 2 N–H and O–H groups in total. The standard InChI is InChI=1S/C21H27NO2/c1-19-10-8-18(24)20(19,2)9-7-15-14-6-5-13(23)11-16(14)21(3,22-4)12-17(15)19/h4-6,11,15,17-18,24H,7-10,12H2,1-3H3/p+1/t15-,17-,18?,19+,20-,21+/m1/s1. The lowest BCUT2D eigenvalue weighted by Gasteiger charge is -2.57. The lowest BCUT2D eigenvalue weighted by Crippen LogP contribution is -2.53. The third kappa shape index (κ3) is 1.76. The average molecular weight is 326 g/mol. The van der Waals surface area contributed by atoms with Gasteiger partial charge >= 0.3 is 5.54 Å². The van der Waals surface area contributed by atoms with Crippen LogP contribution in [-0.2, 0) is 5.54 Å². The maximum absolute atomic E-state index is 10.7. The first kappa shape index (κ1) is 16.0. The Morgan fingerprint density at radius 2 is 1.83 bits per heavy atom. The highest BCUT2D eigenvalue weighted by Crippen LogP contribution is 2.69. The molecular formula is C21H28NO2+. The number of hydrogen-bond donors (Lipinski definition) is 2. The largest absolute Gasteiger partial charge is 0.508 e. The Kier molecular flexibility index (Phi) is 3.17. The van der Waals surface area contributed by atoms with Gasteiger partial charge in [0, 0.05) is 18.9 Å². The number of phenolic OH excluding ortho intramolecular Hbond substituents is 1. The summed E-state index contributed by atoms with van der Waals surface area (Å²) in [5.74, 6) is 1.21. The van der Waals surface area contributed by atoms with E-state index in [1.807, 2.05) is 6.07 Å². The van der Waals surface area contributed by atoms with E-state index in [0.29, 0.717) is 11.8 Å². The van der Waals surface area contributed by atoms with Crippen molar-refractivity contribution in [1.82, 2.24) is 0 Å². The summed E-state index contributed by atoms with van der Waals surface area (Å²) in [4.78, 5) is 4.27. The number of hydrogen-bond acceptors (Lipinski definition) is 2. The molecule has 1 aromatic rings. The second-order valence-corrected chi connectivity index (χ2v) is 9.02.